The normalized spacial score (nSPS) is 11.1. The van der Waals surface area contributed by atoms with Crippen LogP contribution in [0.25, 0.3) is 32.2 Å². The Morgan fingerprint density at radius 1 is 0.897 bits per heavy atom. The standard InChI is InChI=1S/C23H23N3OS2/c1-2-3-4-5-12-24-23(27)16-10-11-17-18(15-16)26-22(20-9-7-14-29-20)21(25-17)19-8-6-13-28-19/h6-11,13-15H,2-5,12H2,1H3,(H,24,27). The molecule has 4 rings (SSSR count). The molecule has 0 saturated heterocycles. The number of carbonyl (C=O) groups is 1. The van der Waals surface area contributed by atoms with Gasteiger partial charge in [0.25, 0.3) is 5.91 Å². The van der Waals surface area contributed by atoms with Crippen LogP contribution < -0.4 is 5.32 Å². The summed E-state index contributed by atoms with van der Waals surface area (Å²) >= 11 is 3.30. The van der Waals surface area contributed by atoms with Gasteiger partial charge in [-0.3, -0.25) is 4.79 Å². The van der Waals surface area contributed by atoms with E-state index < -0.39 is 0 Å². The zero-order valence-electron chi connectivity index (χ0n) is 16.4. The predicted molar refractivity (Wildman–Crippen MR) is 123 cm³/mol. The Hall–Kier alpha value is -2.57. The van der Waals surface area contributed by atoms with E-state index in [1.165, 1.54) is 12.8 Å². The van der Waals surface area contributed by atoms with E-state index in [1.807, 2.05) is 41.1 Å². The minimum atomic E-state index is -0.0507. The second-order valence-electron chi connectivity index (χ2n) is 6.90. The van der Waals surface area contributed by atoms with Crippen LogP contribution in [0.4, 0.5) is 0 Å². The highest BCUT2D eigenvalue weighted by molar-refractivity contribution is 7.14. The highest BCUT2D eigenvalue weighted by Gasteiger charge is 2.16. The van der Waals surface area contributed by atoms with E-state index in [1.54, 1.807) is 22.7 Å². The van der Waals surface area contributed by atoms with Gasteiger partial charge < -0.3 is 5.32 Å². The molecule has 148 valence electrons. The van der Waals surface area contributed by atoms with Crippen molar-refractivity contribution < 1.29 is 4.79 Å². The molecular weight excluding hydrogens is 398 g/mol. The maximum absolute atomic E-state index is 12.5. The number of nitrogens with zero attached hydrogens (tertiary/aromatic N) is 2. The molecule has 3 heterocycles. The number of unbranched alkanes of at least 4 members (excludes halogenated alkanes) is 3. The fraction of sp³-hybridized carbons (Fsp3) is 0.261. The number of carbonyl (C=O) groups excluding carboxylic acids is 1. The summed E-state index contributed by atoms with van der Waals surface area (Å²) in [6, 6.07) is 13.7. The van der Waals surface area contributed by atoms with Gasteiger partial charge in [0.1, 0.15) is 11.4 Å². The Morgan fingerprint density at radius 3 is 2.21 bits per heavy atom. The molecule has 29 heavy (non-hydrogen) atoms. The van der Waals surface area contributed by atoms with Crippen LogP contribution in [0.1, 0.15) is 43.0 Å². The van der Waals surface area contributed by atoms with E-state index >= 15 is 0 Å². The summed E-state index contributed by atoms with van der Waals surface area (Å²) in [6.07, 6.45) is 4.56. The van der Waals surface area contributed by atoms with Crippen molar-refractivity contribution >= 4 is 39.6 Å². The largest absolute Gasteiger partial charge is 0.352 e. The zero-order valence-corrected chi connectivity index (χ0v) is 18.0. The summed E-state index contributed by atoms with van der Waals surface area (Å²) in [6.45, 7) is 2.89. The maximum atomic E-state index is 12.5. The maximum Gasteiger partial charge on any atom is 0.251 e. The molecule has 0 spiro atoms. The van der Waals surface area contributed by atoms with Crippen molar-refractivity contribution in [2.24, 2.45) is 0 Å². The number of hydrogen-bond donors (Lipinski definition) is 1. The predicted octanol–water partition coefficient (Wildman–Crippen LogP) is 6.40. The van der Waals surface area contributed by atoms with Crippen LogP contribution >= 0.6 is 22.7 Å². The number of thiophene rings is 2. The number of benzene rings is 1. The van der Waals surface area contributed by atoms with E-state index in [0.717, 1.165) is 45.0 Å². The summed E-state index contributed by atoms with van der Waals surface area (Å²) < 4.78 is 0. The minimum Gasteiger partial charge on any atom is -0.352 e. The molecule has 0 aliphatic rings. The third-order valence-corrected chi connectivity index (χ3v) is 6.50. The molecule has 0 fully saturated rings. The third-order valence-electron chi connectivity index (χ3n) is 4.75. The summed E-state index contributed by atoms with van der Waals surface area (Å²) in [5.74, 6) is -0.0507. The molecule has 1 amide bonds. The molecule has 0 bridgehead atoms. The lowest BCUT2D eigenvalue weighted by atomic mass is 10.1. The van der Waals surface area contributed by atoms with Gasteiger partial charge >= 0.3 is 0 Å². The van der Waals surface area contributed by atoms with Gasteiger partial charge in [0.15, 0.2) is 0 Å². The van der Waals surface area contributed by atoms with Crippen LogP contribution in [-0.4, -0.2) is 22.4 Å². The van der Waals surface area contributed by atoms with E-state index in [9.17, 15) is 4.79 Å². The van der Waals surface area contributed by atoms with Gasteiger partial charge in [-0.2, -0.15) is 0 Å². The Morgan fingerprint density at radius 2 is 1.59 bits per heavy atom. The quantitative estimate of drug-likeness (QED) is 0.335. The Kier molecular flexibility index (Phi) is 6.32. The van der Waals surface area contributed by atoms with Crippen molar-refractivity contribution in [2.45, 2.75) is 32.6 Å². The highest BCUT2D eigenvalue weighted by atomic mass is 32.1. The first-order valence-electron chi connectivity index (χ1n) is 9.94. The number of rotatable bonds is 8. The van der Waals surface area contributed by atoms with Gasteiger partial charge in [-0.05, 0) is 47.5 Å². The summed E-state index contributed by atoms with van der Waals surface area (Å²) in [5.41, 5.74) is 3.93. The lowest BCUT2D eigenvalue weighted by Gasteiger charge is -2.09. The van der Waals surface area contributed by atoms with Crippen molar-refractivity contribution in [2.75, 3.05) is 6.54 Å². The molecule has 3 aromatic heterocycles. The average Bonchev–Trinajstić information content (AvgIpc) is 3.46. The van der Waals surface area contributed by atoms with Gasteiger partial charge in [-0.15, -0.1) is 22.7 Å². The fourth-order valence-corrected chi connectivity index (χ4v) is 4.65. The SMILES string of the molecule is CCCCCCNC(=O)c1ccc2nc(-c3cccs3)c(-c3cccs3)nc2c1. The second-order valence-corrected chi connectivity index (χ2v) is 8.79. The van der Waals surface area contributed by atoms with Crippen LogP contribution in [0.5, 0.6) is 0 Å². The van der Waals surface area contributed by atoms with Crippen LogP contribution in [0, 0.1) is 0 Å². The van der Waals surface area contributed by atoms with Gasteiger partial charge in [-0.25, -0.2) is 9.97 Å². The van der Waals surface area contributed by atoms with E-state index in [0.29, 0.717) is 12.1 Å². The molecule has 6 heteroatoms. The number of aromatic nitrogens is 2. The van der Waals surface area contributed by atoms with E-state index in [-0.39, 0.29) is 5.91 Å². The minimum absolute atomic E-state index is 0.0507. The Bertz CT molecular complexity index is 1090. The topological polar surface area (TPSA) is 54.9 Å². The van der Waals surface area contributed by atoms with Crippen LogP contribution in [0.2, 0.25) is 0 Å². The van der Waals surface area contributed by atoms with Crippen molar-refractivity contribution in [3.05, 3.63) is 58.8 Å². The number of hydrogen-bond acceptors (Lipinski definition) is 5. The van der Waals surface area contributed by atoms with Crippen molar-refractivity contribution in [3.8, 4) is 21.1 Å². The molecule has 0 saturated carbocycles. The molecule has 0 aliphatic carbocycles. The van der Waals surface area contributed by atoms with Crippen molar-refractivity contribution in [1.29, 1.82) is 0 Å². The first-order valence-corrected chi connectivity index (χ1v) is 11.7. The summed E-state index contributed by atoms with van der Waals surface area (Å²) in [4.78, 5) is 24.5. The van der Waals surface area contributed by atoms with Gasteiger partial charge in [0, 0.05) is 12.1 Å². The zero-order chi connectivity index (χ0) is 20.1. The molecule has 4 aromatic rings. The van der Waals surface area contributed by atoms with Gasteiger partial charge in [0.2, 0.25) is 0 Å². The van der Waals surface area contributed by atoms with Gasteiger partial charge in [0.05, 0.1) is 20.8 Å². The Balaban J connectivity index is 1.65. The highest BCUT2D eigenvalue weighted by Crippen LogP contribution is 2.35. The van der Waals surface area contributed by atoms with Crippen molar-refractivity contribution in [1.82, 2.24) is 15.3 Å². The van der Waals surface area contributed by atoms with Crippen molar-refractivity contribution in [3.63, 3.8) is 0 Å². The van der Waals surface area contributed by atoms with Crippen LogP contribution in [0.3, 0.4) is 0 Å². The van der Waals surface area contributed by atoms with Crippen LogP contribution in [-0.2, 0) is 0 Å². The lowest BCUT2D eigenvalue weighted by Crippen LogP contribution is -2.24. The lowest BCUT2D eigenvalue weighted by molar-refractivity contribution is 0.0953. The number of amides is 1. The van der Waals surface area contributed by atoms with E-state index in [4.69, 9.17) is 9.97 Å². The average molecular weight is 422 g/mol. The first-order chi connectivity index (χ1) is 14.3. The summed E-state index contributed by atoms with van der Waals surface area (Å²) in [5, 5.41) is 7.11. The monoisotopic (exact) mass is 421 g/mol. The fourth-order valence-electron chi connectivity index (χ4n) is 3.22. The smallest absolute Gasteiger partial charge is 0.251 e. The Labute approximate surface area is 178 Å². The first kappa shape index (κ1) is 19.7. The second kappa shape index (κ2) is 9.29. The summed E-state index contributed by atoms with van der Waals surface area (Å²) in [7, 11) is 0. The van der Waals surface area contributed by atoms with E-state index in [2.05, 4.69) is 24.4 Å². The number of nitrogens with one attached hydrogen (secondary N) is 1. The molecule has 0 aliphatic heterocycles. The van der Waals surface area contributed by atoms with Gasteiger partial charge in [-0.1, -0.05) is 38.3 Å². The molecule has 0 unspecified atom stereocenters. The third kappa shape index (κ3) is 4.54. The molecule has 0 radical (unpaired) electrons. The number of fused-ring (bicyclic) bond motifs is 1. The molecule has 0 atom stereocenters. The van der Waals surface area contributed by atoms with Crippen LogP contribution in [0.15, 0.2) is 53.2 Å². The molecule has 1 N–H and O–H groups in total. The molecule has 1 aromatic carbocycles. The molecular formula is C23H23N3OS2. The molecule has 4 nitrogen and oxygen atoms in total.